The molecule has 1 unspecified atom stereocenters. The van der Waals surface area contributed by atoms with Crippen LogP contribution in [0.15, 0.2) is 72.9 Å². The summed E-state index contributed by atoms with van der Waals surface area (Å²) in [5.74, 6) is 0. The molecule has 1 aliphatic carbocycles. The molecule has 0 amide bonds. The lowest BCUT2D eigenvalue weighted by atomic mass is 9.60. The summed E-state index contributed by atoms with van der Waals surface area (Å²) in [5.41, 5.74) is 11.4. The van der Waals surface area contributed by atoms with Crippen molar-refractivity contribution in [1.82, 2.24) is 19.6 Å². The number of pyridine rings is 1. The molecular formula is C28H27N5O3. The minimum atomic E-state index is -1.37. The molecule has 1 fully saturated rings. The molecule has 5 N–H and O–H groups in total. The Bertz CT molecular complexity index is 1570. The van der Waals surface area contributed by atoms with Crippen LogP contribution in [0, 0.1) is 6.92 Å². The van der Waals surface area contributed by atoms with Crippen LogP contribution < -0.4 is 5.73 Å². The maximum Gasteiger partial charge on any atom is 0.165 e. The minimum Gasteiger partial charge on any atom is -0.394 e. The number of nitrogens with zero attached hydrogens (tertiary/aromatic N) is 4. The minimum absolute atomic E-state index is 0.175. The first-order valence-corrected chi connectivity index (χ1v) is 11.9. The predicted molar refractivity (Wildman–Crippen MR) is 137 cm³/mol. The molecule has 3 aromatic heterocycles. The van der Waals surface area contributed by atoms with E-state index in [0.717, 1.165) is 50.3 Å². The van der Waals surface area contributed by atoms with Crippen molar-refractivity contribution in [2.45, 2.75) is 37.0 Å². The van der Waals surface area contributed by atoms with Gasteiger partial charge in [-0.25, -0.2) is 9.97 Å². The number of aryl methyl sites for hydroxylation is 1. The van der Waals surface area contributed by atoms with Crippen molar-refractivity contribution in [3.05, 3.63) is 84.2 Å². The molecule has 8 heteroatoms. The van der Waals surface area contributed by atoms with E-state index in [2.05, 4.69) is 28.3 Å². The van der Waals surface area contributed by atoms with Gasteiger partial charge >= 0.3 is 0 Å². The summed E-state index contributed by atoms with van der Waals surface area (Å²) >= 11 is 0. The standard InChI is InChI=1S/C28H27N5O3/c1-17-11-24-30-13-20-12-22(18-5-3-2-4-6-18)25(31-26(20)33(24)32-17)19-7-9-21(10-8-19)27(29)15-28(36,16-27)23(35)14-34/h2-13,23,34-36H,14-16,29H2,1H3. The summed E-state index contributed by atoms with van der Waals surface area (Å²) < 4.78 is 1.77. The molecule has 0 bridgehead atoms. The third-order valence-electron chi connectivity index (χ3n) is 7.23. The van der Waals surface area contributed by atoms with Crippen LogP contribution in [-0.4, -0.2) is 53.2 Å². The molecule has 0 saturated heterocycles. The first kappa shape index (κ1) is 22.8. The maximum atomic E-state index is 10.5. The smallest absolute Gasteiger partial charge is 0.165 e. The molecule has 182 valence electrons. The molecule has 8 nitrogen and oxygen atoms in total. The fraction of sp³-hybridized carbons (Fsp3) is 0.250. The summed E-state index contributed by atoms with van der Waals surface area (Å²) in [6.45, 7) is 1.43. The molecule has 0 radical (unpaired) electrons. The van der Waals surface area contributed by atoms with Gasteiger partial charge in [-0.2, -0.15) is 9.61 Å². The van der Waals surface area contributed by atoms with Gasteiger partial charge < -0.3 is 21.1 Å². The van der Waals surface area contributed by atoms with Crippen molar-refractivity contribution in [2.75, 3.05) is 6.61 Å². The number of hydrogen-bond donors (Lipinski definition) is 4. The van der Waals surface area contributed by atoms with Gasteiger partial charge in [-0.1, -0.05) is 54.6 Å². The summed E-state index contributed by atoms with van der Waals surface area (Å²) in [4.78, 5) is 9.62. The number of aliphatic hydroxyl groups is 3. The zero-order valence-electron chi connectivity index (χ0n) is 19.8. The van der Waals surface area contributed by atoms with E-state index in [1.54, 1.807) is 4.52 Å². The highest BCUT2D eigenvalue weighted by Gasteiger charge is 2.56. The second-order valence-electron chi connectivity index (χ2n) is 9.87. The zero-order valence-corrected chi connectivity index (χ0v) is 19.8. The average Bonchev–Trinajstić information content (AvgIpc) is 3.28. The van der Waals surface area contributed by atoms with Gasteiger partial charge in [0, 0.05) is 47.2 Å². The van der Waals surface area contributed by atoms with Gasteiger partial charge in [0.15, 0.2) is 11.3 Å². The number of aliphatic hydroxyl groups excluding tert-OH is 2. The van der Waals surface area contributed by atoms with Crippen LogP contribution in [0.25, 0.3) is 39.1 Å². The van der Waals surface area contributed by atoms with Crippen molar-refractivity contribution in [2.24, 2.45) is 5.73 Å². The first-order chi connectivity index (χ1) is 17.3. The van der Waals surface area contributed by atoms with E-state index >= 15 is 0 Å². The number of nitrogens with two attached hydrogens (primary N) is 1. The van der Waals surface area contributed by atoms with Crippen LogP contribution in [0.4, 0.5) is 0 Å². The van der Waals surface area contributed by atoms with Gasteiger partial charge in [-0.05, 0) is 24.1 Å². The van der Waals surface area contributed by atoms with Gasteiger partial charge in [0.1, 0.15) is 6.10 Å². The molecule has 36 heavy (non-hydrogen) atoms. The van der Waals surface area contributed by atoms with E-state index in [-0.39, 0.29) is 12.8 Å². The number of benzene rings is 2. The van der Waals surface area contributed by atoms with Crippen molar-refractivity contribution in [1.29, 1.82) is 0 Å². The van der Waals surface area contributed by atoms with Gasteiger partial charge in [0.2, 0.25) is 0 Å². The molecule has 1 atom stereocenters. The highest BCUT2D eigenvalue weighted by molar-refractivity contribution is 5.90. The summed E-state index contributed by atoms with van der Waals surface area (Å²) in [7, 11) is 0. The lowest BCUT2D eigenvalue weighted by Gasteiger charge is -2.53. The fourth-order valence-corrected chi connectivity index (χ4v) is 5.32. The molecule has 2 aromatic carbocycles. The Hall–Kier alpha value is -3.69. The van der Waals surface area contributed by atoms with Crippen LogP contribution in [0.5, 0.6) is 0 Å². The second-order valence-corrected chi connectivity index (χ2v) is 9.87. The Morgan fingerprint density at radius 1 is 1.03 bits per heavy atom. The van der Waals surface area contributed by atoms with Crippen LogP contribution in [-0.2, 0) is 5.54 Å². The molecule has 6 rings (SSSR count). The molecule has 5 aromatic rings. The van der Waals surface area contributed by atoms with E-state index in [1.165, 1.54) is 0 Å². The van der Waals surface area contributed by atoms with Gasteiger partial charge in [-0.15, -0.1) is 0 Å². The molecule has 3 heterocycles. The van der Waals surface area contributed by atoms with Crippen molar-refractivity contribution in [3.63, 3.8) is 0 Å². The molecule has 0 spiro atoms. The monoisotopic (exact) mass is 481 g/mol. The predicted octanol–water partition coefficient (Wildman–Crippen LogP) is 2.95. The van der Waals surface area contributed by atoms with Gasteiger partial charge in [0.05, 0.1) is 23.6 Å². The SMILES string of the molecule is Cc1cc2ncc3cc(-c4ccccc4)c(-c4ccc(C5(N)CC(O)(C(O)CO)C5)cc4)nc3n2n1. The highest BCUT2D eigenvalue weighted by atomic mass is 16.4. The summed E-state index contributed by atoms with van der Waals surface area (Å²) in [5, 5.41) is 35.2. The van der Waals surface area contributed by atoms with Crippen molar-refractivity contribution >= 4 is 16.7 Å². The summed E-state index contributed by atoms with van der Waals surface area (Å²) in [6.07, 6.45) is 0.970. The Kier molecular flexibility index (Phi) is 5.17. The van der Waals surface area contributed by atoms with Crippen LogP contribution >= 0.6 is 0 Å². The van der Waals surface area contributed by atoms with Gasteiger partial charge in [0.25, 0.3) is 0 Å². The van der Waals surface area contributed by atoms with Crippen molar-refractivity contribution in [3.8, 4) is 22.4 Å². The number of fused-ring (bicyclic) bond motifs is 3. The second kappa shape index (κ2) is 8.18. The molecule has 1 aliphatic rings. The van der Waals surface area contributed by atoms with Crippen LogP contribution in [0.2, 0.25) is 0 Å². The zero-order chi connectivity index (χ0) is 25.1. The van der Waals surface area contributed by atoms with Crippen molar-refractivity contribution < 1.29 is 15.3 Å². The van der Waals surface area contributed by atoms with Crippen LogP contribution in [0.3, 0.4) is 0 Å². The Labute approximate surface area is 207 Å². The maximum absolute atomic E-state index is 10.5. The third-order valence-corrected chi connectivity index (χ3v) is 7.23. The lowest BCUT2D eigenvalue weighted by molar-refractivity contribution is -0.173. The first-order valence-electron chi connectivity index (χ1n) is 11.9. The Balaban J connectivity index is 1.45. The fourth-order valence-electron chi connectivity index (χ4n) is 5.32. The molecule has 0 aliphatic heterocycles. The summed E-state index contributed by atoms with van der Waals surface area (Å²) in [6, 6.07) is 22.0. The highest BCUT2D eigenvalue weighted by Crippen LogP contribution is 2.48. The van der Waals surface area contributed by atoms with Crippen LogP contribution in [0.1, 0.15) is 24.1 Å². The topological polar surface area (TPSA) is 130 Å². The number of hydrogen-bond acceptors (Lipinski definition) is 7. The van der Waals surface area contributed by atoms with E-state index in [0.29, 0.717) is 0 Å². The molecular weight excluding hydrogens is 454 g/mol. The quantitative estimate of drug-likeness (QED) is 0.304. The van der Waals surface area contributed by atoms with E-state index in [1.807, 2.05) is 61.7 Å². The normalized spacial score (nSPS) is 22.6. The third kappa shape index (κ3) is 3.58. The lowest BCUT2D eigenvalue weighted by Crippen LogP contribution is -2.65. The van der Waals surface area contributed by atoms with Gasteiger partial charge in [-0.3, -0.25) is 0 Å². The van der Waals surface area contributed by atoms with E-state index < -0.39 is 23.9 Å². The average molecular weight is 482 g/mol. The molecule has 1 saturated carbocycles. The number of rotatable bonds is 5. The largest absolute Gasteiger partial charge is 0.394 e. The van der Waals surface area contributed by atoms with E-state index in [9.17, 15) is 15.3 Å². The number of aromatic nitrogens is 4. The Morgan fingerprint density at radius 2 is 1.75 bits per heavy atom. The van der Waals surface area contributed by atoms with E-state index in [4.69, 9.17) is 10.7 Å². The Morgan fingerprint density at radius 3 is 2.44 bits per heavy atom.